The molecule has 0 bridgehead atoms. The minimum Gasteiger partial charge on any atom is -0.465 e. The molecule has 8 heteroatoms. The Bertz CT molecular complexity index is 1000. The lowest BCUT2D eigenvalue weighted by Crippen LogP contribution is -2.48. The molecular weight excluding hydrogens is 447 g/mol. The summed E-state index contributed by atoms with van der Waals surface area (Å²) in [6.45, 7) is 6.83. The van der Waals surface area contributed by atoms with Gasteiger partial charge in [0.05, 0.1) is 12.7 Å². The molecule has 1 fully saturated rings. The van der Waals surface area contributed by atoms with Crippen molar-refractivity contribution in [2.45, 2.75) is 51.8 Å². The quantitative estimate of drug-likeness (QED) is 0.520. The van der Waals surface area contributed by atoms with E-state index in [-0.39, 0.29) is 24.5 Å². The zero-order valence-corrected chi connectivity index (χ0v) is 20.2. The predicted molar refractivity (Wildman–Crippen MR) is 126 cm³/mol. The number of benzene rings is 2. The van der Waals surface area contributed by atoms with Crippen LogP contribution in [0.15, 0.2) is 42.5 Å². The number of likely N-dealkylation sites (tertiary alicyclic amines) is 1. The summed E-state index contributed by atoms with van der Waals surface area (Å²) in [5, 5.41) is 0.453. The van der Waals surface area contributed by atoms with Gasteiger partial charge in [-0.1, -0.05) is 17.7 Å². The number of halogens is 2. The lowest BCUT2D eigenvalue weighted by atomic mass is 10.0. The number of hydrogen-bond donors (Lipinski definition) is 0. The zero-order valence-electron chi connectivity index (χ0n) is 19.4. The van der Waals surface area contributed by atoms with Crippen LogP contribution in [0, 0.1) is 5.82 Å². The van der Waals surface area contributed by atoms with Crippen LogP contribution in [-0.2, 0) is 16.0 Å². The predicted octanol–water partition coefficient (Wildman–Crippen LogP) is 5.67. The monoisotopic (exact) mass is 476 g/mol. The van der Waals surface area contributed by atoms with Crippen molar-refractivity contribution in [1.29, 1.82) is 0 Å². The lowest BCUT2D eigenvalue weighted by molar-refractivity contribution is 0.0204. The molecule has 0 unspecified atom stereocenters. The number of nitrogens with zero attached hydrogens (tertiary/aromatic N) is 2. The SMILES string of the molecule is COC(=O)c1cccc(N(Cc2cc(Cl)ccc2F)C2CCN(C(=O)OC(C)(C)C)CC2)c1. The molecule has 33 heavy (non-hydrogen) atoms. The molecule has 1 heterocycles. The van der Waals surface area contributed by atoms with E-state index < -0.39 is 11.6 Å². The summed E-state index contributed by atoms with van der Waals surface area (Å²) in [6, 6.07) is 11.6. The number of amides is 1. The van der Waals surface area contributed by atoms with E-state index >= 15 is 0 Å². The number of hydrogen-bond acceptors (Lipinski definition) is 5. The third-order valence-electron chi connectivity index (χ3n) is 5.50. The summed E-state index contributed by atoms with van der Waals surface area (Å²) < 4.78 is 24.9. The maximum Gasteiger partial charge on any atom is 0.410 e. The molecule has 6 nitrogen and oxygen atoms in total. The zero-order chi connectivity index (χ0) is 24.2. The van der Waals surface area contributed by atoms with Crippen LogP contribution in [-0.4, -0.2) is 48.8 Å². The number of methoxy groups -OCH3 is 1. The summed E-state index contributed by atoms with van der Waals surface area (Å²) in [5.41, 5.74) is 1.09. The van der Waals surface area contributed by atoms with E-state index in [0.29, 0.717) is 42.1 Å². The Kier molecular flexibility index (Phi) is 7.84. The number of piperidine rings is 1. The Hall–Kier alpha value is -2.80. The lowest BCUT2D eigenvalue weighted by Gasteiger charge is -2.40. The average Bonchev–Trinajstić information content (AvgIpc) is 2.78. The number of carbonyl (C=O) groups is 2. The largest absolute Gasteiger partial charge is 0.465 e. The second-order valence-electron chi connectivity index (χ2n) is 9.10. The van der Waals surface area contributed by atoms with Crippen molar-refractivity contribution in [2.75, 3.05) is 25.1 Å². The summed E-state index contributed by atoms with van der Waals surface area (Å²) in [5.74, 6) is -0.787. The summed E-state index contributed by atoms with van der Waals surface area (Å²) in [7, 11) is 1.33. The Labute approximate surface area is 199 Å². The molecule has 2 aromatic rings. The first-order chi connectivity index (χ1) is 15.6. The third kappa shape index (κ3) is 6.60. The summed E-state index contributed by atoms with van der Waals surface area (Å²) in [6.07, 6.45) is 1.01. The van der Waals surface area contributed by atoms with Crippen LogP contribution in [0.5, 0.6) is 0 Å². The van der Waals surface area contributed by atoms with Gasteiger partial charge in [-0.2, -0.15) is 0 Å². The van der Waals surface area contributed by atoms with Gasteiger partial charge in [-0.15, -0.1) is 0 Å². The second-order valence-corrected chi connectivity index (χ2v) is 9.54. The van der Waals surface area contributed by atoms with Crippen molar-refractivity contribution in [2.24, 2.45) is 0 Å². The number of anilines is 1. The molecule has 0 atom stereocenters. The van der Waals surface area contributed by atoms with Crippen molar-refractivity contribution >= 4 is 29.4 Å². The van der Waals surface area contributed by atoms with Crippen LogP contribution in [0.25, 0.3) is 0 Å². The van der Waals surface area contributed by atoms with E-state index in [4.69, 9.17) is 21.1 Å². The van der Waals surface area contributed by atoms with E-state index in [0.717, 1.165) is 5.69 Å². The Morgan fingerprint density at radius 1 is 1.15 bits per heavy atom. The summed E-state index contributed by atoms with van der Waals surface area (Å²) >= 11 is 6.12. The standard InChI is InChI=1S/C25H30ClFN2O4/c1-25(2,3)33-24(31)28-12-10-20(11-13-28)29(16-18-14-19(26)8-9-22(18)27)21-7-5-6-17(15-21)23(30)32-4/h5-9,14-15,20H,10-13,16H2,1-4H3. The highest BCUT2D eigenvalue weighted by atomic mass is 35.5. The third-order valence-corrected chi connectivity index (χ3v) is 5.74. The molecule has 0 aromatic heterocycles. The highest BCUT2D eigenvalue weighted by molar-refractivity contribution is 6.30. The molecule has 0 aliphatic carbocycles. The van der Waals surface area contributed by atoms with Crippen LogP contribution in [0.3, 0.4) is 0 Å². The molecule has 0 spiro atoms. The highest BCUT2D eigenvalue weighted by Crippen LogP contribution is 2.29. The van der Waals surface area contributed by atoms with Gasteiger partial charge in [0, 0.05) is 41.9 Å². The van der Waals surface area contributed by atoms with Crippen molar-refractivity contribution in [3.63, 3.8) is 0 Å². The van der Waals surface area contributed by atoms with Gasteiger partial charge in [0.1, 0.15) is 11.4 Å². The maximum atomic E-state index is 14.6. The Morgan fingerprint density at radius 2 is 1.85 bits per heavy atom. The number of rotatable bonds is 5. The van der Waals surface area contributed by atoms with Gasteiger partial charge in [-0.3, -0.25) is 0 Å². The first-order valence-electron chi connectivity index (χ1n) is 10.9. The Morgan fingerprint density at radius 3 is 2.48 bits per heavy atom. The van der Waals surface area contributed by atoms with Gasteiger partial charge >= 0.3 is 12.1 Å². The van der Waals surface area contributed by atoms with Gasteiger partial charge in [0.25, 0.3) is 0 Å². The molecule has 1 saturated heterocycles. The van der Waals surface area contributed by atoms with Crippen molar-refractivity contribution < 1.29 is 23.5 Å². The van der Waals surface area contributed by atoms with E-state index in [1.54, 1.807) is 29.2 Å². The van der Waals surface area contributed by atoms with Crippen LogP contribution in [0.1, 0.15) is 49.5 Å². The van der Waals surface area contributed by atoms with Crippen molar-refractivity contribution in [3.05, 3.63) is 64.4 Å². The van der Waals surface area contributed by atoms with E-state index in [2.05, 4.69) is 4.90 Å². The molecule has 0 radical (unpaired) electrons. The first-order valence-corrected chi connectivity index (χ1v) is 11.3. The highest BCUT2D eigenvalue weighted by Gasteiger charge is 2.30. The topological polar surface area (TPSA) is 59.1 Å². The normalized spacial score (nSPS) is 14.7. The molecular formula is C25H30ClFN2O4. The van der Waals surface area contributed by atoms with E-state index in [1.165, 1.54) is 19.2 Å². The number of ether oxygens (including phenoxy) is 2. The number of carbonyl (C=O) groups excluding carboxylic acids is 2. The average molecular weight is 477 g/mol. The smallest absolute Gasteiger partial charge is 0.410 e. The molecule has 2 aromatic carbocycles. The fourth-order valence-electron chi connectivity index (χ4n) is 3.90. The van der Waals surface area contributed by atoms with Crippen LogP contribution in [0.2, 0.25) is 5.02 Å². The fraction of sp³-hybridized carbons (Fsp3) is 0.440. The van der Waals surface area contributed by atoms with E-state index in [9.17, 15) is 14.0 Å². The minimum atomic E-state index is -0.557. The number of esters is 1. The molecule has 1 aliphatic rings. The van der Waals surface area contributed by atoms with Gasteiger partial charge in [0.2, 0.25) is 0 Å². The van der Waals surface area contributed by atoms with Crippen LogP contribution < -0.4 is 4.90 Å². The summed E-state index contributed by atoms with van der Waals surface area (Å²) in [4.78, 5) is 28.3. The molecule has 1 aliphatic heterocycles. The second kappa shape index (κ2) is 10.4. The molecule has 0 saturated carbocycles. The van der Waals surface area contributed by atoms with Crippen molar-refractivity contribution in [1.82, 2.24) is 4.90 Å². The van der Waals surface area contributed by atoms with Crippen LogP contribution >= 0.6 is 11.6 Å². The van der Waals surface area contributed by atoms with Gasteiger partial charge < -0.3 is 19.3 Å². The minimum absolute atomic E-state index is 0.0231. The molecule has 178 valence electrons. The molecule has 1 amide bonds. The van der Waals surface area contributed by atoms with Gasteiger partial charge in [-0.05, 0) is 70.0 Å². The fourth-order valence-corrected chi connectivity index (χ4v) is 4.09. The van der Waals surface area contributed by atoms with E-state index in [1.807, 2.05) is 26.8 Å². The van der Waals surface area contributed by atoms with Gasteiger partial charge in [0.15, 0.2) is 0 Å². The molecule has 0 N–H and O–H groups in total. The Balaban J connectivity index is 1.85. The first kappa shape index (κ1) is 24.8. The van der Waals surface area contributed by atoms with Crippen LogP contribution in [0.4, 0.5) is 14.9 Å². The van der Waals surface area contributed by atoms with Gasteiger partial charge in [-0.25, -0.2) is 14.0 Å². The van der Waals surface area contributed by atoms with Crippen molar-refractivity contribution in [3.8, 4) is 0 Å². The maximum absolute atomic E-state index is 14.6. The molecule has 3 rings (SSSR count).